The van der Waals surface area contributed by atoms with Crippen LogP contribution in [0.5, 0.6) is 0 Å². The molecule has 0 spiro atoms. The van der Waals surface area contributed by atoms with Gasteiger partial charge in [-0.15, -0.1) is 0 Å². The number of carbonyl (C=O) groups excluding carboxylic acids is 3. The van der Waals surface area contributed by atoms with Crippen LogP contribution in [0, 0.1) is 0 Å². The largest absolute Gasteiger partial charge is 0.462 e. The summed E-state index contributed by atoms with van der Waals surface area (Å²) in [5.74, 6) is -0.883. The Morgan fingerprint density at radius 3 is 0.930 bits per heavy atom. The minimum absolute atomic E-state index is 0.0739. The van der Waals surface area contributed by atoms with Gasteiger partial charge in [-0.25, -0.2) is 0 Å². The van der Waals surface area contributed by atoms with E-state index in [1.165, 1.54) is 148 Å². The topological polar surface area (TPSA) is 78.9 Å². The first-order valence-electron chi connectivity index (χ1n) is 24.8. The van der Waals surface area contributed by atoms with Crippen molar-refractivity contribution in [2.75, 3.05) is 13.2 Å². The van der Waals surface area contributed by atoms with Crippen LogP contribution in [-0.4, -0.2) is 37.2 Å². The fourth-order valence-corrected chi connectivity index (χ4v) is 7.12. The molecule has 0 bridgehead atoms. The molecule has 0 fully saturated rings. The van der Waals surface area contributed by atoms with Crippen LogP contribution in [0.1, 0.15) is 265 Å². The molecule has 0 rings (SSSR count). The van der Waals surface area contributed by atoms with Crippen LogP contribution in [-0.2, 0) is 28.6 Å². The average Bonchev–Trinajstić information content (AvgIpc) is 3.21. The summed E-state index contributed by atoms with van der Waals surface area (Å²) in [6, 6.07) is 0. The van der Waals surface area contributed by atoms with Crippen molar-refractivity contribution in [3.05, 3.63) is 24.3 Å². The lowest BCUT2D eigenvalue weighted by atomic mass is 10.0. The van der Waals surface area contributed by atoms with Gasteiger partial charge in [0.05, 0.1) is 0 Å². The molecule has 0 aromatic carbocycles. The second-order valence-corrected chi connectivity index (χ2v) is 16.7. The number of carbonyl (C=O) groups is 3. The summed E-state index contributed by atoms with van der Waals surface area (Å²) in [5, 5.41) is 0. The van der Waals surface area contributed by atoms with Crippen LogP contribution in [0.25, 0.3) is 0 Å². The van der Waals surface area contributed by atoms with Crippen LogP contribution in [0.3, 0.4) is 0 Å². The van der Waals surface area contributed by atoms with Crippen LogP contribution < -0.4 is 0 Å². The zero-order valence-electron chi connectivity index (χ0n) is 38.1. The normalized spacial score (nSPS) is 12.1. The SMILES string of the molecule is CCCC/C=C\CCCCCCC(=O)OCC(COC(=O)CCCCCCCCC/C=C\CCCCCCCC)OC(=O)CCCCCCCCCCCCCC. The molecule has 0 N–H and O–H groups in total. The van der Waals surface area contributed by atoms with Gasteiger partial charge in [-0.3, -0.25) is 14.4 Å². The molecule has 0 aromatic rings. The Morgan fingerprint density at radius 1 is 0.333 bits per heavy atom. The summed E-state index contributed by atoms with van der Waals surface area (Å²) >= 11 is 0. The van der Waals surface area contributed by atoms with E-state index >= 15 is 0 Å². The van der Waals surface area contributed by atoms with Crippen LogP contribution in [0.15, 0.2) is 24.3 Å². The van der Waals surface area contributed by atoms with Gasteiger partial charge >= 0.3 is 17.9 Å². The van der Waals surface area contributed by atoms with Gasteiger partial charge in [0.2, 0.25) is 0 Å². The van der Waals surface area contributed by atoms with E-state index in [2.05, 4.69) is 45.1 Å². The quantitative estimate of drug-likeness (QED) is 0.0264. The maximum Gasteiger partial charge on any atom is 0.306 e. The molecule has 0 aromatic heterocycles. The number of hydrogen-bond donors (Lipinski definition) is 0. The minimum Gasteiger partial charge on any atom is -0.462 e. The third kappa shape index (κ3) is 44.8. The van der Waals surface area contributed by atoms with Crippen LogP contribution in [0.2, 0.25) is 0 Å². The summed E-state index contributed by atoms with van der Waals surface area (Å²) in [5.41, 5.74) is 0. The third-order valence-electron chi connectivity index (χ3n) is 10.9. The van der Waals surface area contributed by atoms with Gasteiger partial charge in [-0.05, 0) is 64.2 Å². The van der Waals surface area contributed by atoms with Gasteiger partial charge in [0, 0.05) is 19.3 Å². The van der Waals surface area contributed by atoms with Crippen molar-refractivity contribution in [3.8, 4) is 0 Å². The summed E-state index contributed by atoms with van der Waals surface area (Å²) in [6.45, 7) is 6.59. The van der Waals surface area contributed by atoms with Gasteiger partial charge in [-0.2, -0.15) is 0 Å². The van der Waals surface area contributed by atoms with Crippen LogP contribution >= 0.6 is 0 Å². The fraction of sp³-hybridized carbons (Fsp3) is 0.863. The van der Waals surface area contributed by atoms with Gasteiger partial charge in [-0.1, -0.05) is 206 Å². The van der Waals surface area contributed by atoms with Crippen LogP contribution in [0.4, 0.5) is 0 Å². The van der Waals surface area contributed by atoms with Crippen molar-refractivity contribution < 1.29 is 28.6 Å². The maximum absolute atomic E-state index is 12.7. The second-order valence-electron chi connectivity index (χ2n) is 16.7. The first-order valence-corrected chi connectivity index (χ1v) is 24.8. The lowest BCUT2D eigenvalue weighted by molar-refractivity contribution is -0.167. The van der Waals surface area contributed by atoms with Crippen molar-refractivity contribution in [3.63, 3.8) is 0 Å². The molecule has 0 aliphatic rings. The van der Waals surface area contributed by atoms with E-state index in [4.69, 9.17) is 14.2 Å². The molecule has 0 saturated heterocycles. The Kier molecular flexibility index (Phi) is 44.9. The van der Waals surface area contributed by atoms with Gasteiger partial charge in [0.15, 0.2) is 6.10 Å². The predicted octanol–water partition coefficient (Wildman–Crippen LogP) is 16.0. The Labute approximate surface area is 353 Å². The van der Waals surface area contributed by atoms with E-state index in [1.54, 1.807) is 0 Å². The molecular formula is C51H94O6. The highest BCUT2D eigenvalue weighted by Crippen LogP contribution is 2.15. The summed E-state index contributed by atoms with van der Waals surface area (Å²) in [7, 11) is 0. The Hall–Kier alpha value is -2.11. The average molecular weight is 803 g/mol. The fourth-order valence-electron chi connectivity index (χ4n) is 7.12. The predicted molar refractivity (Wildman–Crippen MR) is 243 cm³/mol. The number of rotatable bonds is 45. The molecule has 57 heavy (non-hydrogen) atoms. The third-order valence-corrected chi connectivity index (χ3v) is 10.9. The first kappa shape index (κ1) is 54.9. The Morgan fingerprint density at radius 2 is 0.596 bits per heavy atom. The molecular weight excluding hydrogens is 709 g/mol. The lowest BCUT2D eigenvalue weighted by Gasteiger charge is -2.18. The molecule has 6 heteroatoms. The van der Waals surface area contributed by atoms with Crippen molar-refractivity contribution in [1.29, 1.82) is 0 Å². The maximum atomic E-state index is 12.7. The van der Waals surface area contributed by atoms with Crippen molar-refractivity contribution in [1.82, 2.24) is 0 Å². The number of hydrogen-bond acceptors (Lipinski definition) is 6. The molecule has 334 valence electrons. The Balaban J connectivity index is 4.31. The number of ether oxygens (including phenoxy) is 3. The molecule has 6 nitrogen and oxygen atoms in total. The van der Waals surface area contributed by atoms with Crippen molar-refractivity contribution in [2.24, 2.45) is 0 Å². The zero-order valence-corrected chi connectivity index (χ0v) is 38.1. The van der Waals surface area contributed by atoms with E-state index in [1.807, 2.05) is 0 Å². The van der Waals surface area contributed by atoms with E-state index in [0.717, 1.165) is 77.0 Å². The molecule has 0 saturated carbocycles. The summed E-state index contributed by atoms with van der Waals surface area (Å²) in [6.07, 6.45) is 51.6. The number of unbranched alkanes of at least 4 members (excludes halogenated alkanes) is 30. The molecule has 0 aliphatic carbocycles. The van der Waals surface area contributed by atoms with Crippen molar-refractivity contribution in [2.45, 2.75) is 271 Å². The molecule has 1 atom stereocenters. The molecule has 0 amide bonds. The van der Waals surface area contributed by atoms with E-state index in [-0.39, 0.29) is 31.1 Å². The highest BCUT2D eigenvalue weighted by Gasteiger charge is 2.19. The standard InChI is InChI=1S/C51H94O6/c1-4-7-10-13-16-19-22-24-25-26-27-28-30-32-35-38-41-44-50(53)56-47-48(46-55-49(52)43-40-37-34-31-21-18-15-12-9-6-3)57-51(54)45-42-39-36-33-29-23-20-17-14-11-8-5-2/h15,18,24-25,48H,4-14,16-17,19-23,26-47H2,1-3H3/b18-15-,25-24-. The van der Waals surface area contributed by atoms with E-state index in [0.29, 0.717) is 19.3 Å². The van der Waals surface area contributed by atoms with E-state index < -0.39 is 6.10 Å². The summed E-state index contributed by atoms with van der Waals surface area (Å²) in [4.78, 5) is 37.8. The lowest BCUT2D eigenvalue weighted by Crippen LogP contribution is -2.30. The highest BCUT2D eigenvalue weighted by molar-refractivity contribution is 5.71. The van der Waals surface area contributed by atoms with E-state index in [9.17, 15) is 14.4 Å². The minimum atomic E-state index is -0.771. The second kappa shape index (κ2) is 46.6. The first-order chi connectivity index (χ1) is 28.0. The molecule has 0 heterocycles. The monoisotopic (exact) mass is 803 g/mol. The molecule has 0 aliphatic heterocycles. The number of allylic oxidation sites excluding steroid dienone is 4. The smallest absolute Gasteiger partial charge is 0.306 e. The highest BCUT2D eigenvalue weighted by atomic mass is 16.6. The van der Waals surface area contributed by atoms with Gasteiger partial charge in [0.25, 0.3) is 0 Å². The van der Waals surface area contributed by atoms with Crippen molar-refractivity contribution >= 4 is 17.9 Å². The van der Waals surface area contributed by atoms with Gasteiger partial charge in [0.1, 0.15) is 13.2 Å². The van der Waals surface area contributed by atoms with Gasteiger partial charge < -0.3 is 14.2 Å². The molecule has 1 unspecified atom stereocenters. The number of esters is 3. The Bertz CT molecular complexity index is 927. The zero-order chi connectivity index (χ0) is 41.5. The summed E-state index contributed by atoms with van der Waals surface area (Å²) < 4.78 is 16.7. The molecule has 0 radical (unpaired) electrons.